The second kappa shape index (κ2) is 7.17. The third-order valence-electron chi connectivity index (χ3n) is 4.25. The van der Waals surface area contributed by atoms with Gasteiger partial charge in [-0.25, -0.2) is 9.78 Å². The minimum atomic E-state index is -0.889. The minimum Gasteiger partial charge on any atom is -0.351 e. The maximum Gasteiger partial charge on any atom is 0.318 e. The van der Waals surface area contributed by atoms with Gasteiger partial charge in [0, 0.05) is 11.4 Å². The normalized spacial score (nSPS) is 15.0. The van der Waals surface area contributed by atoms with Gasteiger partial charge in [0.1, 0.15) is 4.83 Å². The van der Waals surface area contributed by atoms with Gasteiger partial charge in [-0.3, -0.25) is 19.5 Å². The second-order valence-corrected chi connectivity index (χ2v) is 8.34. The predicted octanol–water partition coefficient (Wildman–Crippen LogP) is 2.03. The van der Waals surface area contributed by atoms with Crippen molar-refractivity contribution in [3.63, 3.8) is 0 Å². The summed E-state index contributed by atoms with van der Waals surface area (Å²) < 4.78 is 1.60. The van der Waals surface area contributed by atoms with Crippen LogP contribution in [0, 0.1) is 0 Å². The fourth-order valence-corrected chi connectivity index (χ4v) is 5.30. The van der Waals surface area contributed by atoms with E-state index >= 15 is 0 Å². The van der Waals surface area contributed by atoms with Crippen LogP contribution in [-0.2, 0) is 24.2 Å². The molecule has 0 aromatic carbocycles. The molecule has 3 amide bonds. The highest BCUT2D eigenvalue weighted by Crippen LogP contribution is 2.35. The van der Waals surface area contributed by atoms with E-state index in [-0.39, 0.29) is 5.56 Å². The number of fused-ring (bicyclic) bond motifs is 3. The number of aromatic nitrogens is 2. The fourth-order valence-electron chi connectivity index (χ4n) is 3.02. The summed E-state index contributed by atoms with van der Waals surface area (Å²) in [5.74, 6) is -0.500. The molecule has 7 nitrogen and oxygen atoms in total. The summed E-state index contributed by atoms with van der Waals surface area (Å²) in [5, 5.41) is 2.69. The zero-order valence-corrected chi connectivity index (χ0v) is 15.8. The number of nitrogens with one attached hydrogen (secondary N) is 1. The van der Waals surface area contributed by atoms with Crippen molar-refractivity contribution < 1.29 is 9.59 Å². The summed E-state index contributed by atoms with van der Waals surface area (Å²) in [5.41, 5.74) is 6.10. The fraction of sp³-hybridized carbons (Fsp3) is 0.500. The van der Waals surface area contributed by atoms with Gasteiger partial charge >= 0.3 is 6.03 Å². The molecule has 134 valence electrons. The molecule has 2 heterocycles. The number of hydrogen-bond donors (Lipinski definition) is 2. The smallest absolute Gasteiger partial charge is 0.318 e. The third-order valence-corrected chi connectivity index (χ3v) is 6.53. The Morgan fingerprint density at radius 2 is 2.12 bits per heavy atom. The predicted molar refractivity (Wildman–Crippen MR) is 99.2 cm³/mol. The molecule has 0 spiro atoms. The number of imide groups is 1. The lowest BCUT2D eigenvalue weighted by atomic mass is 9.97. The van der Waals surface area contributed by atoms with Crippen LogP contribution in [0.25, 0.3) is 10.2 Å². The average molecular weight is 380 g/mol. The van der Waals surface area contributed by atoms with E-state index in [1.165, 1.54) is 4.88 Å². The summed E-state index contributed by atoms with van der Waals surface area (Å²) in [7, 11) is 0. The van der Waals surface area contributed by atoms with E-state index in [2.05, 4.69) is 10.3 Å². The first-order chi connectivity index (χ1) is 11.9. The van der Waals surface area contributed by atoms with Crippen LogP contribution in [0.3, 0.4) is 0 Å². The molecular weight excluding hydrogens is 360 g/mol. The largest absolute Gasteiger partial charge is 0.351 e. The maximum absolute atomic E-state index is 13.0. The van der Waals surface area contributed by atoms with Gasteiger partial charge in [-0.15, -0.1) is 11.3 Å². The molecule has 0 fully saturated rings. The molecule has 0 unspecified atom stereocenters. The van der Waals surface area contributed by atoms with E-state index in [0.29, 0.717) is 11.7 Å². The molecule has 0 aliphatic heterocycles. The molecule has 3 N–H and O–H groups in total. The van der Waals surface area contributed by atoms with Crippen LogP contribution >= 0.6 is 23.1 Å². The molecule has 3 rings (SSSR count). The van der Waals surface area contributed by atoms with Crippen molar-refractivity contribution in [3.8, 4) is 0 Å². The molecule has 0 radical (unpaired) electrons. The van der Waals surface area contributed by atoms with Crippen LogP contribution in [0.5, 0.6) is 0 Å². The van der Waals surface area contributed by atoms with Gasteiger partial charge in [0.25, 0.3) is 5.56 Å². The van der Waals surface area contributed by atoms with E-state index < -0.39 is 17.2 Å². The zero-order valence-electron chi connectivity index (χ0n) is 14.1. The standard InChI is InChI=1S/C16H20N4O3S2/c1-3-20-14(22)11-9-6-4-5-7-10(9)25-13(11)19-16(20)24-8(2)12(21)18-15(17)23/h8H,3-7H2,1-2H3,(H3,17,18,21,23)/t8-/m0/s1. The number of carbonyl (C=O) groups is 2. The number of thiophene rings is 1. The highest BCUT2D eigenvalue weighted by molar-refractivity contribution is 8.00. The van der Waals surface area contributed by atoms with Gasteiger partial charge in [0.05, 0.1) is 10.6 Å². The maximum atomic E-state index is 13.0. The van der Waals surface area contributed by atoms with Crippen molar-refractivity contribution in [1.29, 1.82) is 0 Å². The van der Waals surface area contributed by atoms with Crippen LogP contribution < -0.4 is 16.6 Å². The number of rotatable bonds is 4. The zero-order chi connectivity index (χ0) is 18.1. The lowest BCUT2D eigenvalue weighted by Crippen LogP contribution is -2.39. The molecular formula is C16H20N4O3S2. The molecule has 1 atom stereocenters. The highest BCUT2D eigenvalue weighted by Gasteiger charge is 2.24. The number of aryl methyl sites for hydroxylation is 2. The second-order valence-electron chi connectivity index (χ2n) is 5.95. The highest BCUT2D eigenvalue weighted by atomic mass is 32.2. The van der Waals surface area contributed by atoms with Crippen molar-refractivity contribution in [2.75, 3.05) is 0 Å². The minimum absolute atomic E-state index is 0.0445. The first kappa shape index (κ1) is 17.9. The van der Waals surface area contributed by atoms with Crippen LogP contribution in [0.1, 0.15) is 37.1 Å². The Balaban J connectivity index is 2.02. The Morgan fingerprint density at radius 1 is 1.40 bits per heavy atom. The summed E-state index contributed by atoms with van der Waals surface area (Å²) in [6, 6.07) is -0.889. The van der Waals surface area contributed by atoms with Gasteiger partial charge in [-0.1, -0.05) is 11.8 Å². The number of primary amides is 1. The van der Waals surface area contributed by atoms with Crippen molar-refractivity contribution in [2.45, 2.75) is 56.5 Å². The van der Waals surface area contributed by atoms with Crippen LogP contribution in [0.2, 0.25) is 0 Å². The summed E-state index contributed by atoms with van der Waals surface area (Å²) in [6.07, 6.45) is 4.18. The number of nitrogens with two attached hydrogens (primary N) is 1. The average Bonchev–Trinajstić information content (AvgIpc) is 2.92. The quantitative estimate of drug-likeness (QED) is 0.623. The third kappa shape index (κ3) is 3.43. The molecule has 0 saturated heterocycles. The molecule has 2 aromatic heterocycles. The van der Waals surface area contributed by atoms with Gasteiger partial charge in [-0.05, 0) is 45.1 Å². The first-order valence-electron chi connectivity index (χ1n) is 8.24. The Kier molecular flexibility index (Phi) is 5.14. The van der Waals surface area contributed by atoms with Gasteiger partial charge in [0.15, 0.2) is 5.16 Å². The van der Waals surface area contributed by atoms with Crippen molar-refractivity contribution in [2.24, 2.45) is 5.73 Å². The summed E-state index contributed by atoms with van der Waals surface area (Å²) >= 11 is 2.74. The Bertz CT molecular complexity index is 903. The van der Waals surface area contributed by atoms with Gasteiger partial charge in [0.2, 0.25) is 5.91 Å². The van der Waals surface area contributed by atoms with E-state index in [0.717, 1.165) is 53.2 Å². The number of carbonyl (C=O) groups excluding carboxylic acids is 2. The lowest BCUT2D eigenvalue weighted by molar-refractivity contribution is -0.119. The summed E-state index contributed by atoms with van der Waals surface area (Å²) in [4.78, 5) is 42.4. The van der Waals surface area contributed by atoms with Crippen molar-refractivity contribution in [3.05, 3.63) is 20.8 Å². The van der Waals surface area contributed by atoms with Crippen LogP contribution in [0.4, 0.5) is 4.79 Å². The van der Waals surface area contributed by atoms with Crippen molar-refractivity contribution in [1.82, 2.24) is 14.9 Å². The van der Waals surface area contributed by atoms with Crippen LogP contribution in [-0.4, -0.2) is 26.7 Å². The number of amides is 3. The molecule has 1 aliphatic carbocycles. The molecule has 9 heteroatoms. The summed E-state index contributed by atoms with van der Waals surface area (Å²) in [6.45, 7) is 4.00. The van der Waals surface area contributed by atoms with E-state index in [4.69, 9.17) is 5.73 Å². The molecule has 1 aliphatic rings. The Morgan fingerprint density at radius 3 is 2.80 bits per heavy atom. The van der Waals surface area contributed by atoms with Gasteiger partial charge in [-0.2, -0.15) is 0 Å². The number of nitrogens with zero attached hydrogens (tertiary/aromatic N) is 2. The van der Waals surface area contributed by atoms with Crippen molar-refractivity contribution >= 4 is 45.3 Å². The van der Waals surface area contributed by atoms with E-state index in [1.807, 2.05) is 6.92 Å². The molecule has 25 heavy (non-hydrogen) atoms. The monoisotopic (exact) mass is 380 g/mol. The number of hydrogen-bond acceptors (Lipinski definition) is 6. The molecule has 0 saturated carbocycles. The lowest BCUT2D eigenvalue weighted by Gasteiger charge is -2.14. The van der Waals surface area contributed by atoms with Crippen LogP contribution in [0.15, 0.2) is 9.95 Å². The number of thioether (sulfide) groups is 1. The first-order valence-corrected chi connectivity index (χ1v) is 9.94. The topological polar surface area (TPSA) is 107 Å². The molecule has 2 aromatic rings. The molecule has 0 bridgehead atoms. The Labute approximate surface area is 153 Å². The SMILES string of the molecule is CCn1c(S[C@@H](C)C(=O)NC(N)=O)nc2sc3c(c2c1=O)CCCC3. The van der Waals surface area contributed by atoms with E-state index in [9.17, 15) is 14.4 Å². The Hall–Kier alpha value is -1.87. The van der Waals surface area contributed by atoms with E-state index in [1.54, 1.807) is 22.8 Å². The van der Waals surface area contributed by atoms with Gasteiger partial charge < -0.3 is 5.73 Å². The number of urea groups is 1.